The highest BCUT2D eigenvalue weighted by Crippen LogP contribution is 2.23. The standard InChI is InChI=1S/C13H17NO2/c1-9-4-5-11(10(2)8-9)16-12-6-7-14(3)13(12)15/h4-5,8,12H,6-7H2,1-3H3. The Morgan fingerprint density at radius 3 is 2.69 bits per heavy atom. The van der Waals surface area contributed by atoms with Crippen LogP contribution in [0.2, 0.25) is 0 Å². The van der Waals surface area contributed by atoms with E-state index >= 15 is 0 Å². The molecule has 1 atom stereocenters. The van der Waals surface area contributed by atoms with E-state index in [1.54, 1.807) is 4.90 Å². The number of benzene rings is 1. The Bertz CT molecular complexity index is 414. The Kier molecular flexibility index (Phi) is 2.86. The van der Waals surface area contributed by atoms with Crippen LogP contribution in [0.4, 0.5) is 0 Å². The number of likely N-dealkylation sites (N-methyl/N-ethyl adjacent to an activating group) is 1. The highest BCUT2D eigenvalue weighted by atomic mass is 16.5. The lowest BCUT2D eigenvalue weighted by atomic mass is 10.1. The van der Waals surface area contributed by atoms with Gasteiger partial charge in [-0.05, 0) is 25.5 Å². The zero-order chi connectivity index (χ0) is 11.7. The third-order valence-electron chi connectivity index (χ3n) is 2.98. The minimum Gasteiger partial charge on any atom is -0.480 e. The van der Waals surface area contributed by atoms with Crippen LogP contribution in [0.5, 0.6) is 5.75 Å². The molecule has 0 spiro atoms. The van der Waals surface area contributed by atoms with Crippen LogP contribution in [0.25, 0.3) is 0 Å². The summed E-state index contributed by atoms with van der Waals surface area (Å²) in [6, 6.07) is 6.01. The molecule has 16 heavy (non-hydrogen) atoms. The van der Waals surface area contributed by atoms with Gasteiger partial charge in [0.15, 0.2) is 6.10 Å². The topological polar surface area (TPSA) is 29.5 Å². The maximum Gasteiger partial charge on any atom is 0.263 e. The van der Waals surface area contributed by atoms with Crippen LogP contribution in [0.3, 0.4) is 0 Å². The predicted octanol–water partition coefficient (Wildman–Crippen LogP) is 1.91. The highest BCUT2D eigenvalue weighted by Gasteiger charge is 2.30. The van der Waals surface area contributed by atoms with Crippen LogP contribution in [-0.2, 0) is 4.79 Å². The van der Waals surface area contributed by atoms with Gasteiger partial charge in [0.05, 0.1) is 0 Å². The van der Waals surface area contributed by atoms with Crippen molar-refractivity contribution in [2.75, 3.05) is 13.6 Å². The highest BCUT2D eigenvalue weighted by molar-refractivity contribution is 5.83. The molecule has 0 aliphatic carbocycles. The van der Waals surface area contributed by atoms with E-state index in [1.807, 2.05) is 33.0 Å². The van der Waals surface area contributed by atoms with Crippen molar-refractivity contribution in [3.05, 3.63) is 29.3 Å². The Labute approximate surface area is 96.0 Å². The van der Waals surface area contributed by atoms with E-state index in [4.69, 9.17) is 4.74 Å². The fraction of sp³-hybridized carbons (Fsp3) is 0.462. The molecule has 0 bridgehead atoms. The average molecular weight is 219 g/mol. The molecule has 86 valence electrons. The van der Waals surface area contributed by atoms with Crippen molar-refractivity contribution < 1.29 is 9.53 Å². The van der Waals surface area contributed by atoms with Crippen molar-refractivity contribution in [3.63, 3.8) is 0 Å². The second-order valence-electron chi connectivity index (χ2n) is 4.42. The van der Waals surface area contributed by atoms with Gasteiger partial charge in [-0.25, -0.2) is 0 Å². The molecule has 0 saturated carbocycles. The van der Waals surface area contributed by atoms with Gasteiger partial charge in [0.1, 0.15) is 5.75 Å². The molecule has 2 rings (SSSR count). The van der Waals surface area contributed by atoms with Gasteiger partial charge in [-0.2, -0.15) is 0 Å². The third kappa shape index (κ3) is 2.03. The lowest BCUT2D eigenvalue weighted by Gasteiger charge is -2.15. The summed E-state index contributed by atoms with van der Waals surface area (Å²) < 4.78 is 5.75. The van der Waals surface area contributed by atoms with E-state index in [0.717, 1.165) is 24.3 Å². The molecule has 0 radical (unpaired) electrons. The van der Waals surface area contributed by atoms with E-state index in [0.29, 0.717) is 0 Å². The third-order valence-corrected chi connectivity index (χ3v) is 2.98. The molecule has 3 nitrogen and oxygen atoms in total. The summed E-state index contributed by atoms with van der Waals surface area (Å²) in [6.07, 6.45) is 0.481. The molecule has 1 aromatic carbocycles. The first-order valence-corrected chi connectivity index (χ1v) is 5.57. The molecule has 1 aliphatic rings. The molecule has 3 heteroatoms. The van der Waals surface area contributed by atoms with Crippen molar-refractivity contribution in [2.24, 2.45) is 0 Å². The largest absolute Gasteiger partial charge is 0.480 e. The number of carbonyl (C=O) groups excluding carboxylic acids is 1. The number of hydrogen-bond donors (Lipinski definition) is 0. The van der Waals surface area contributed by atoms with Crippen LogP contribution in [-0.4, -0.2) is 30.5 Å². The molecular weight excluding hydrogens is 202 g/mol. The summed E-state index contributed by atoms with van der Waals surface area (Å²) in [5, 5.41) is 0. The van der Waals surface area contributed by atoms with Crippen LogP contribution < -0.4 is 4.74 Å². The molecule has 0 N–H and O–H groups in total. The number of carbonyl (C=O) groups is 1. The lowest BCUT2D eigenvalue weighted by molar-refractivity contribution is -0.132. The molecule has 1 aliphatic heterocycles. The SMILES string of the molecule is Cc1ccc(OC2CCN(C)C2=O)c(C)c1. The van der Waals surface area contributed by atoms with E-state index in [-0.39, 0.29) is 12.0 Å². The minimum atomic E-state index is -0.300. The number of amides is 1. The van der Waals surface area contributed by atoms with Gasteiger partial charge in [0, 0.05) is 20.0 Å². The number of nitrogens with zero attached hydrogens (tertiary/aromatic N) is 1. The molecule has 1 amide bonds. The number of hydrogen-bond acceptors (Lipinski definition) is 2. The van der Waals surface area contributed by atoms with E-state index in [9.17, 15) is 4.79 Å². The number of aryl methyl sites for hydroxylation is 2. The summed E-state index contributed by atoms with van der Waals surface area (Å²) in [4.78, 5) is 13.4. The van der Waals surface area contributed by atoms with E-state index in [2.05, 4.69) is 6.07 Å². The fourth-order valence-corrected chi connectivity index (χ4v) is 1.98. The van der Waals surface area contributed by atoms with Crippen LogP contribution in [0, 0.1) is 13.8 Å². The Morgan fingerprint density at radius 2 is 2.12 bits per heavy atom. The molecular formula is C13H17NO2. The fourth-order valence-electron chi connectivity index (χ4n) is 1.98. The predicted molar refractivity (Wildman–Crippen MR) is 62.6 cm³/mol. The van der Waals surface area contributed by atoms with Gasteiger partial charge in [0.25, 0.3) is 5.91 Å². The normalized spacial score (nSPS) is 20.3. The van der Waals surface area contributed by atoms with Crippen molar-refractivity contribution in [1.82, 2.24) is 4.90 Å². The maximum absolute atomic E-state index is 11.7. The van der Waals surface area contributed by atoms with Gasteiger partial charge in [-0.3, -0.25) is 4.79 Å². The summed E-state index contributed by atoms with van der Waals surface area (Å²) in [5.74, 6) is 0.902. The summed E-state index contributed by atoms with van der Waals surface area (Å²) in [7, 11) is 1.81. The maximum atomic E-state index is 11.7. The summed E-state index contributed by atoms with van der Waals surface area (Å²) in [5.41, 5.74) is 2.29. The van der Waals surface area contributed by atoms with Gasteiger partial charge in [-0.1, -0.05) is 17.7 Å². The van der Waals surface area contributed by atoms with E-state index < -0.39 is 0 Å². The zero-order valence-electron chi connectivity index (χ0n) is 9.99. The first kappa shape index (κ1) is 11.0. The average Bonchev–Trinajstić information content (AvgIpc) is 2.54. The van der Waals surface area contributed by atoms with Crippen LogP contribution >= 0.6 is 0 Å². The first-order chi connectivity index (χ1) is 7.58. The molecule has 1 fully saturated rings. The van der Waals surface area contributed by atoms with Crippen LogP contribution in [0.15, 0.2) is 18.2 Å². The minimum absolute atomic E-state index is 0.0833. The van der Waals surface area contributed by atoms with Crippen molar-refractivity contribution in [1.29, 1.82) is 0 Å². The van der Waals surface area contributed by atoms with Gasteiger partial charge in [-0.15, -0.1) is 0 Å². The Morgan fingerprint density at radius 1 is 1.38 bits per heavy atom. The van der Waals surface area contributed by atoms with Crippen molar-refractivity contribution in [2.45, 2.75) is 26.4 Å². The monoisotopic (exact) mass is 219 g/mol. The second kappa shape index (κ2) is 4.16. The summed E-state index contributed by atoms with van der Waals surface area (Å²) in [6.45, 7) is 4.84. The smallest absolute Gasteiger partial charge is 0.263 e. The van der Waals surface area contributed by atoms with Crippen molar-refractivity contribution in [3.8, 4) is 5.75 Å². The number of ether oxygens (including phenoxy) is 1. The molecule has 1 saturated heterocycles. The Hall–Kier alpha value is -1.51. The molecule has 1 heterocycles. The quantitative estimate of drug-likeness (QED) is 0.760. The van der Waals surface area contributed by atoms with Crippen molar-refractivity contribution >= 4 is 5.91 Å². The van der Waals surface area contributed by atoms with E-state index in [1.165, 1.54) is 5.56 Å². The second-order valence-corrected chi connectivity index (χ2v) is 4.42. The molecule has 0 aromatic heterocycles. The van der Waals surface area contributed by atoms with Gasteiger partial charge < -0.3 is 9.64 Å². The summed E-state index contributed by atoms with van der Waals surface area (Å²) >= 11 is 0. The first-order valence-electron chi connectivity index (χ1n) is 5.57. The van der Waals surface area contributed by atoms with Gasteiger partial charge >= 0.3 is 0 Å². The number of likely N-dealkylation sites (tertiary alicyclic amines) is 1. The lowest BCUT2D eigenvalue weighted by Crippen LogP contribution is -2.29. The molecule has 1 unspecified atom stereocenters. The van der Waals surface area contributed by atoms with Gasteiger partial charge in [0.2, 0.25) is 0 Å². The number of rotatable bonds is 2. The van der Waals surface area contributed by atoms with Crippen LogP contribution in [0.1, 0.15) is 17.5 Å². The molecule has 1 aromatic rings. The zero-order valence-corrected chi connectivity index (χ0v) is 9.99. The Balaban J connectivity index is 2.12.